The van der Waals surface area contributed by atoms with Crippen LogP contribution in [0.2, 0.25) is 0 Å². The van der Waals surface area contributed by atoms with Crippen LogP contribution in [0.5, 0.6) is 0 Å². The van der Waals surface area contributed by atoms with Crippen molar-refractivity contribution in [1.82, 2.24) is 0 Å². The highest BCUT2D eigenvalue weighted by molar-refractivity contribution is 4.89. The highest BCUT2D eigenvalue weighted by atomic mass is 16.5. The number of aliphatic hydroxyl groups is 1. The Morgan fingerprint density at radius 1 is 1.46 bits per heavy atom. The van der Waals surface area contributed by atoms with E-state index in [1.54, 1.807) is 0 Å². The van der Waals surface area contributed by atoms with Gasteiger partial charge in [-0.1, -0.05) is 27.2 Å². The Bertz CT molecular complexity index is 152. The van der Waals surface area contributed by atoms with Crippen LogP contribution in [0.4, 0.5) is 0 Å². The standard InChI is InChI=1S/C11H22O2/c1-4-9-6-7-13-10(9)11(3,5-2)8-12/h9-10,12H,4-8H2,1-3H3. The van der Waals surface area contributed by atoms with Crippen LogP contribution in [0.25, 0.3) is 0 Å². The Hall–Kier alpha value is -0.0800. The van der Waals surface area contributed by atoms with E-state index in [1.165, 1.54) is 6.42 Å². The number of hydrogen-bond donors (Lipinski definition) is 1. The van der Waals surface area contributed by atoms with Crippen molar-refractivity contribution < 1.29 is 9.84 Å². The first-order valence-electron chi connectivity index (χ1n) is 5.40. The molecule has 1 heterocycles. The summed E-state index contributed by atoms with van der Waals surface area (Å²) < 4.78 is 5.74. The van der Waals surface area contributed by atoms with E-state index in [-0.39, 0.29) is 18.1 Å². The third-order valence-corrected chi connectivity index (χ3v) is 3.59. The van der Waals surface area contributed by atoms with Crippen LogP contribution in [0.3, 0.4) is 0 Å². The molecule has 2 nitrogen and oxygen atoms in total. The Kier molecular flexibility index (Phi) is 3.74. The van der Waals surface area contributed by atoms with Gasteiger partial charge in [0.2, 0.25) is 0 Å². The van der Waals surface area contributed by atoms with Gasteiger partial charge in [0.25, 0.3) is 0 Å². The fourth-order valence-corrected chi connectivity index (χ4v) is 2.23. The molecule has 0 spiro atoms. The predicted octanol–water partition coefficient (Wildman–Crippen LogP) is 2.21. The number of hydrogen-bond acceptors (Lipinski definition) is 2. The minimum Gasteiger partial charge on any atom is -0.396 e. The number of aliphatic hydroxyl groups excluding tert-OH is 1. The van der Waals surface area contributed by atoms with Crippen LogP contribution in [-0.2, 0) is 4.74 Å². The van der Waals surface area contributed by atoms with Gasteiger partial charge in [-0.15, -0.1) is 0 Å². The van der Waals surface area contributed by atoms with E-state index in [0.717, 1.165) is 19.4 Å². The highest BCUT2D eigenvalue weighted by Gasteiger charge is 2.40. The Morgan fingerprint density at radius 2 is 2.15 bits per heavy atom. The lowest BCUT2D eigenvalue weighted by Crippen LogP contribution is -2.38. The molecule has 0 radical (unpaired) electrons. The Morgan fingerprint density at radius 3 is 2.62 bits per heavy atom. The first-order chi connectivity index (χ1) is 6.18. The van der Waals surface area contributed by atoms with E-state index in [1.807, 2.05) is 0 Å². The van der Waals surface area contributed by atoms with Crippen LogP contribution in [0.1, 0.15) is 40.0 Å². The van der Waals surface area contributed by atoms with Gasteiger partial charge in [0, 0.05) is 12.0 Å². The molecule has 1 saturated heterocycles. The summed E-state index contributed by atoms with van der Waals surface area (Å²) in [6.07, 6.45) is 3.59. The minimum atomic E-state index is -0.0306. The summed E-state index contributed by atoms with van der Waals surface area (Å²) in [6.45, 7) is 7.58. The van der Waals surface area contributed by atoms with E-state index in [4.69, 9.17) is 4.74 Å². The van der Waals surface area contributed by atoms with Crippen molar-refractivity contribution in [3.63, 3.8) is 0 Å². The fourth-order valence-electron chi connectivity index (χ4n) is 2.23. The summed E-state index contributed by atoms with van der Waals surface area (Å²) in [4.78, 5) is 0. The van der Waals surface area contributed by atoms with E-state index < -0.39 is 0 Å². The minimum absolute atomic E-state index is 0.0306. The van der Waals surface area contributed by atoms with Crippen LogP contribution in [0.15, 0.2) is 0 Å². The third-order valence-electron chi connectivity index (χ3n) is 3.59. The smallest absolute Gasteiger partial charge is 0.0679 e. The van der Waals surface area contributed by atoms with E-state index in [0.29, 0.717) is 5.92 Å². The van der Waals surface area contributed by atoms with Gasteiger partial charge >= 0.3 is 0 Å². The maximum absolute atomic E-state index is 9.38. The van der Waals surface area contributed by atoms with E-state index in [9.17, 15) is 5.11 Å². The summed E-state index contributed by atoms with van der Waals surface area (Å²) in [6, 6.07) is 0. The summed E-state index contributed by atoms with van der Waals surface area (Å²) in [5, 5.41) is 9.38. The molecule has 0 aromatic heterocycles. The van der Waals surface area contributed by atoms with Gasteiger partial charge in [0.1, 0.15) is 0 Å². The zero-order valence-corrected chi connectivity index (χ0v) is 9.05. The van der Waals surface area contributed by atoms with Gasteiger partial charge in [-0.3, -0.25) is 0 Å². The Labute approximate surface area is 81.3 Å². The molecule has 0 saturated carbocycles. The second-order valence-corrected chi connectivity index (χ2v) is 4.41. The quantitative estimate of drug-likeness (QED) is 0.729. The summed E-state index contributed by atoms with van der Waals surface area (Å²) in [5.41, 5.74) is -0.0306. The molecule has 0 aromatic carbocycles. The van der Waals surface area contributed by atoms with Crippen molar-refractivity contribution in [3.8, 4) is 0 Å². The van der Waals surface area contributed by atoms with Crippen molar-refractivity contribution in [3.05, 3.63) is 0 Å². The largest absolute Gasteiger partial charge is 0.396 e. The molecule has 1 rings (SSSR count). The molecule has 1 aliphatic rings. The van der Waals surface area contributed by atoms with Crippen LogP contribution >= 0.6 is 0 Å². The second kappa shape index (κ2) is 4.43. The molecule has 3 unspecified atom stereocenters. The third kappa shape index (κ3) is 2.05. The summed E-state index contributed by atoms with van der Waals surface area (Å²) in [5.74, 6) is 0.650. The van der Waals surface area contributed by atoms with Gasteiger partial charge in [-0.2, -0.15) is 0 Å². The van der Waals surface area contributed by atoms with Crippen molar-refractivity contribution in [2.24, 2.45) is 11.3 Å². The van der Waals surface area contributed by atoms with Gasteiger partial charge in [0.15, 0.2) is 0 Å². The molecule has 0 aliphatic carbocycles. The molecule has 13 heavy (non-hydrogen) atoms. The maximum atomic E-state index is 9.38. The van der Waals surface area contributed by atoms with Crippen molar-refractivity contribution in [2.75, 3.05) is 13.2 Å². The SMILES string of the molecule is CCC1CCOC1C(C)(CC)CO. The normalized spacial score (nSPS) is 33.2. The molecule has 1 fully saturated rings. The maximum Gasteiger partial charge on any atom is 0.0679 e. The van der Waals surface area contributed by atoms with Crippen LogP contribution in [0, 0.1) is 11.3 Å². The van der Waals surface area contributed by atoms with Gasteiger partial charge in [0.05, 0.1) is 12.7 Å². The highest BCUT2D eigenvalue weighted by Crippen LogP contribution is 2.38. The zero-order valence-electron chi connectivity index (χ0n) is 9.05. The molecule has 78 valence electrons. The number of ether oxygens (including phenoxy) is 1. The molecule has 2 heteroatoms. The zero-order chi connectivity index (χ0) is 9.90. The number of rotatable bonds is 4. The summed E-state index contributed by atoms with van der Waals surface area (Å²) in [7, 11) is 0. The van der Waals surface area contributed by atoms with Crippen molar-refractivity contribution in [2.45, 2.75) is 46.1 Å². The average molecular weight is 186 g/mol. The van der Waals surface area contributed by atoms with Crippen molar-refractivity contribution >= 4 is 0 Å². The molecule has 0 bridgehead atoms. The van der Waals surface area contributed by atoms with Gasteiger partial charge in [-0.05, 0) is 18.8 Å². The lowest BCUT2D eigenvalue weighted by Gasteiger charge is -2.35. The molecule has 0 aromatic rings. The fraction of sp³-hybridized carbons (Fsp3) is 1.00. The second-order valence-electron chi connectivity index (χ2n) is 4.41. The van der Waals surface area contributed by atoms with Crippen LogP contribution in [-0.4, -0.2) is 24.4 Å². The monoisotopic (exact) mass is 186 g/mol. The first-order valence-corrected chi connectivity index (χ1v) is 5.40. The Balaban J connectivity index is 2.67. The van der Waals surface area contributed by atoms with Gasteiger partial charge in [-0.25, -0.2) is 0 Å². The molecular weight excluding hydrogens is 164 g/mol. The molecular formula is C11H22O2. The average Bonchev–Trinajstić information content (AvgIpc) is 2.65. The van der Waals surface area contributed by atoms with E-state index >= 15 is 0 Å². The van der Waals surface area contributed by atoms with Gasteiger partial charge < -0.3 is 9.84 Å². The molecule has 3 atom stereocenters. The predicted molar refractivity (Wildman–Crippen MR) is 53.6 cm³/mol. The molecule has 0 amide bonds. The van der Waals surface area contributed by atoms with Crippen molar-refractivity contribution in [1.29, 1.82) is 0 Å². The van der Waals surface area contributed by atoms with E-state index in [2.05, 4.69) is 20.8 Å². The topological polar surface area (TPSA) is 29.5 Å². The molecule has 1 N–H and O–H groups in total. The summed E-state index contributed by atoms with van der Waals surface area (Å²) >= 11 is 0. The lowest BCUT2D eigenvalue weighted by atomic mass is 9.76. The van der Waals surface area contributed by atoms with Crippen LogP contribution < -0.4 is 0 Å². The lowest BCUT2D eigenvalue weighted by molar-refractivity contribution is -0.0442. The first kappa shape index (κ1) is 11.0. The molecule has 1 aliphatic heterocycles.